The van der Waals surface area contributed by atoms with Crippen LogP contribution in [0.4, 0.5) is 11.4 Å². The van der Waals surface area contributed by atoms with Crippen molar-refractivity contribution in [3.05, 3.63) is 69.3 Å². The zero-order valence-electron chi connectivity index (χ0n) is 13.8. The van der Waals surface area contributed by atoms with E-state index in [0.717, 1.165) is 11.8 Å². The summed E-state index contributed by atoms with van der Waals surface area (Å²) in [6, 6.07) is 7.13. The number of nitrogens with one attached hydrogen (secondary N) is 1. The number of hydrogen-bond donors (Lipinski definition) is 1. The largest absolute Gasteiger partial charge is 0.320 e. The topological polar surface area (TPSA) is 108 Å². The molecule has 9 nitrogen and oxygen atoms in total. The first kappa shape index (κ1) is 17.6. The highest BCUT2D eigenvalue weighted by molar-refractivity contribution is 6.30. The summed E-state index contributed by atoms with van der Waals surface area (Å²) >= 11 is 5.85. The van der Waals surface area contributed by atoms with Crippen molar-refractivity contribution in [2.75, 3.05) is 5.32 Å². The average Bonchev–Trinajstić information content (AvgIpc) is 3.21. The van der Waals surface area contributed by atoms with Crippen molar-refractivity contribution in [3.63, 3.8) is 0 Å². The predicted octanol–water partition coefficient (Wildman–Crippen LogP) is 2.96. The van der Waals surface area contributed by atoms with Crippen molar-refractivity contribution in [3.8, 4) is 0 Å². The Balaban J connectivity index is 1.81. The second-order valence-electron chi connectivity index (χ2n) is 5.46. The predicted molar refractivity (Wildman–Crippen MR) is 95.3 cm³/mol. The monoisotopic (exact) mass is 374 g/mol. The van der Waals surface area contributed by atoms with E-state index in [2.05, 4.69) is 15.5 Å². The second-order valence-corrected chi connectivity index (χ2v) is 5.90. The molecule has 0 bridgehead atoms. The fourth-order valence-electron chi connectivity index (χ4n) is 2.53. The van der Waals surface area contributed by atoms with Gasteiger partial charge in [0.15, 0.2) is 0 Å². The molecule has 0 atom stereocenters. The van der Waals surface area contributed by atoms with Gasteiger partial charge in [0.05, 0.1) is 22.7 Å². The van der Waals surface area contributed by atoms with Crippen LogP contribution in [0.2, 0.25) is 5.02 Å². The van der Waals surface area contributed by atoms with Gasteiger partial charge >= 0.3 is 5.69 Å². The van der Waals surface area contributed by atoms with E-state index in [9.17, 15) is 14.9 Å². The highest BCUT2D eigenvalue weighted by Crippen LogP contribution is 2.20. The van der Waals surface area contributed by atoms with Crippen molar-refractivity contribution >= 4 is 28.9 Å². The smallest absolute Gasteiger partial charge is 0.320 e. The van der Waals surface area contributed by atoms with Crippen LogP contribution in [0.3, 0.4) is 0 Å². The van der Waals surface area contributed by atoms with Gasteiger partial charge in [0, 0.05) is 18.4 Å². The summed E-state index contributed by atoms with van der Waals surface area (Å²) in [5.41, 5.74) is 0.999. The fourth-order valence-corrected chi connectivity index (χ4v) is 2.69. The molecule has 0 aliphatic heterocycles. The van der Waals surface area contributed by atoms with Gasteiger partial charge in [-0.15, -0.1) is 0 Å². The fraction of sp³-hybridized carbons (Fsp3) is 0.188. The van der Waals surface area contributed by atoms with Crippen molar-refractivity contribution in [1.82, 2.24) is 19.6 Å². The molecule has 0 radical (unpaired) electrons. The number of nitrogens with zero attached hydrogens (tertiary/aromatic N) is 5. The van der Waals surface area contributed by atoms with Crippen LogP contribution in [0.5, 0.6) is 0 Å². The summed E-state index contributed by atoms with van der Waals surface area (Å²) in [5.74, 6) is -0.588. The summed E-state index contributed by atoms with van der Waals surface area (Å²) in [6.45, 7) is 2.57. The summed E-state index contributed by atoms with van der Waals surface area (Å²) in [7, 11) is 0. The number of anilines is 1. The van der Waals surface area contributed by atoms with Crippen LogP contribution in [0.25, 0.3) is 0 Å². The third kappa shape index (κ3) is 3.72. The minimum absolute atomic E-state index is 0.0817. The maximum Gasteiger partial charge on any atom is 0.320 e. The highest BCUT2D eigenvalue weighted by atomic mass is 35.5. The maximum absolute atomic E-state index is 12.5. The van der Waals surface area contributed by atoms with E-state index in [4.69, 9.17) is 11.6 Å². The molecule has 0 aliphatic rings. The van der Waals surface area contributed by atoms with E-state index in [1.807, 2.05) is 6.07 Å². The van der Waals surface area contributed by atoms with Crippen LogP contribution >= 0.6 is 11.6 Å². The van der Waals surface area contributed by atoms with Crippen LogP contribution in [0, 0.1) is 10.1 Å². The van der Waals surface area contributed by atoms with Crippen molar-refractivity contribution < 1.29 is 9.72 Å². The summed E-state index contributed by atoms with van der Waals surface area (Å²) in [6.07, 6.45) is 4.31. The van der Waals surface area contributed by atoms with Crippen LogP contribution in [0.15, 0.2) is 42.9 Å². The molecule has 0 aliphatic carbocycles. The normalized spacial score (nSPS) is 10.7. The molecule has 0 spiro atoms. The third-order valence-corrected chi connectivity index (χ3v) is 3.86. The first-order valence-corrected chi connectivity index (χ1v) is 8.14. The lowest BCUT2D eigenvalue weighted by Gasteiger charge is -2.08. The van der Waals surface area contributed by atoms with Crippen LogP contribution in [-0.4, -0.2) is 30.4 Å². The maximum atomic E-state index is 12.5. The molecule has 1 aromatic carbocycles. The molecule has 1 amide bonds. The lowest BCUT2D eigenvalue weighted by atomic mass is 10.2. The number of nitro groups is 1. The summed E-state index contributed by atoms with van der Waals surface area (Å²) in [4.78, 5) is 23.0. The molecule has 10 heteroatoms. The van der Waals surface area contributed by atoms with E-state index in [1.54, 1.807) is 36.0 Å². The van der Waals surface area contributed by atoms with E-state index in [1.165, 1.54) is 10.9 Å². The van der Waals surface area contributed by atoms with Crippen LogP contribution < -0.4 is 5.32 Å². The van der Waals surface area contributed by atoms with Gasteiger partial charge in [-0.3, -0.25) is 24.3 Å². The number of aryl methyl sites for hydroxylation is 1. The Morgan fingerprint density at radius 1 is 1.35 bits per heavy atom. The Morgan fingerprint density at radius 3 is 2.81 bits per heavy atom. The summed E-state index contributed by atoms with van der Waals surface area (Å²) in [5, 5.41) is 22.3. The molecule has 134 valence electrons. The number of aromatic nitrogens is 4. The van der Waals surface area contributed by atoms with E-state index >= 15 is 0 Å². The Bertz CT molecular complexity index is 965. The van der Waals surface area contributed by atoms with Crippen molar-refractivity contribution in [2.24, 2.45) is 0 Å². The van der Waals surface area contributed by atoms with Gasteiger partial charge in [-0.2, -0.15) is 10.2 Å². The van der Waals surface area contributed by atoms with E-state index < -0.39 is 10.8 Å². The number of halogens is 1. The summed E-state index contributed by atoms with van der Waals surface area (Å²) < 4.78 is 2.96. The molecule has 1 N–H and O–H groups in total. The average molecular weight is 375 g/mol. The number of carbonyl (C=O) groups excluding carboxylic acids is 1. The van der Waals surface area contributed by atoms with Gasteiger partial charge < -0.3 is 5.32 Å². The Hall–Kier alpha value is -3.20. The second kappa shape index (κ2) is 7.36. The standard InChI is InChI=1S/C16H15ClN6O3/c1-2-22-15(14(8-19-22)23(25)26)16(24)20-13-5-3-4-11(6-13)9-21-10-12(17)7-18-21/h3-8,10H,2,9H2,1H3,(H,20,24). The number of hydrogen-bond acceptors (Lipinski definition) is 5. The quantitative estimate of drug-likeness (QED) is 0.527. The van der Waals surface area contributed by atoms with Crippen LogP contribution in [0.1, 0.15) is 23.0 Å². The van der Waals surface area contributed by atoms with Gasteiger partial charge in [-0.1, -0.05) is 23.7 Å². The zero-order valence-corrected chi connectivity index (χ0v) is 14.6. The Morgan fingerprint density at radius 2 is 2.15 bits per heavy atom. The molecule has 0 saturated heterocycles. The molecule has 0 saturated carbocycles. The lowest BCUT2D eigenvalue weighted by Crippen LogP contribution is -2.19. The molecule has 3 rings (SSSR count). The molecule has 2 aromatic heterocycles. The van der Waals surface area contributed by atoms with Gasteiger partial charge in [0.1, 0.15) is 6.20 Å². The Kier molecular flexibility index (Phi) is 4.99. The Labute approximate surface area is 153 Å². The van der Waals surface area contributed by atoms with Crippen molar-refractivity contribution in [1.29, 1.82) is 0 Å². The minimum Gasteiger partial charge on any atom is -0.320 e. The van der Waals surface area contributed by atoms with Gasteiger partial charge in [0.25, 0.3) is 5.91 Å². The molecule has 2 heterocycles. The van der Waals surface area contributed by atoms with Gasteiger partial charge in [0.2, 0.25) is 5.69 Å². The molecular formula is C16H15ClN6O3. The zero-order chi connectivity index (χ0) is 18.7. The molecule has 0 fully saturated rings. The third-order valence-electron chi connectivity index (χ3n) is 3.66. The van der Waals surface area contributed by atoms with E-state index in [0.29, 0.717) is 23.8 Å². The number of carbonyl (C=O) groups is 1. The number of rotatable bonds is 6. The molecule has 26 heavy (non-hydrogen) atoms. The first-order valence-electron chi connectivity index (χ1n) is 7.76. The number of amides is 1. The lowest BCUT2D eigenvalue weighted by molar-refractivity contribution is -0.385. The molecule has 3 aromatic rings. The van der Waals surface area contributed by atoms with Gasteiger partial charge in [-0.05, 0) is 24.6 Å². The van der Waals surface area contributed by atoms with E-state index in [-0.39, 0.29) is 11.4 Å². The SMILES string of the molecule is CCn1ncc([N+](=O)[O-])c1C(=O)Nc1cccc(Cn2cc(Cl)cn2)c1. The van der Waals surface area contributed by atoms with Crippen molar-refractivity contribution in [2.45, 2.75) is 20.0 Å². The highest BCUT2D eigenvalue weighted by Gasteiger charge is 2.26. The molecular weight excluding hydrogens is 360 g/mol. The first-order chi connectivity index (χ1) is 12.5. The molecule has 0 unspecified atom stereocenters. The van der Waals surface area contributed by atoms with Gasteiger partial charge in [-0.25, -0.2) is 0 Å². The minimum atomic E-state index is -0.619. The van der Waals surface area contributed by atoms with Crippen LogP contribution in [-0.2, 0) is 13.1 Å². The number of benzene rings is 1.